The molecule has 36 heavy (non-hydrogen) atoms. The van der Waals surface area contributed by atoms with Gasteiger partial charge >= 0.3 is 0 Å². The summed E-state index contributed by atoms with van der Waals surface area (Å²) in [4.78, 5) is 8.68. The van der Waals surface area contributed by atoms with E-state index in [1.54, 1.807) is 24.7 Å². The van der Waals surface area contributed by atoms with Crippen LogP contribution in [0.4, 0.5) is 8.78 Å². The van der Waals surface area contributed by atoms with Crippen LogP contribution in [0.1, 0.15) is 5.56 Å². The molecule has 0 atom stereocenters. The van der Waals surface area contributed by atoms with Gasteiger partial charge in [0.05, 0.1) is 12.0 Å². The lowest BCUT2D eigenvalue weighted by Crippen LogP contribution is -2.10. The number of ether oxygens (including phenoxy) is 2. The third-order valence-electron chi connectivity index (χ3n) is 5.59. The molecule has 5 aromatic rings. The summed E-state index contributed by atoms with van der Waals surface area (Å²) in [6, 6.07) is 24.2. The molecule has 0 unspecified atom stereocenters. The molecule has 0 saturated heterocycles. The standard InChI is InChI=1S/C29H23F2N3O2/c30-23-8-11-25(27(31)18-23)26-12-13-28(33-29(26)22-4-2-1-3-5-22)36-17-16-35-24-9-6-21(7-10-24)19-34-15-14-32-20-34/h1-15,18,20H,16-17,19H2. The zero-order valence-corrected chi connectivity index (χ0v) is 19.4. The Morgan fingerprint density at radius 2 is 1.56 bits per heavy atom. The van der Waals surface area contributed by atoms with Gasteiger partial charge in [-0.25, -0.2) is 18.7 Å². The summed E-state index contributed by atoms with van der Waals surface area (Å²) in [5.41, 5.74) is 3.32. The van der Waals surface area contributed by atoms with Crippen LogP contribution in [-0.2, 0) is 6.54 Å². The van der Waals surface area contributed by atoms with Gasteiger partial charge in [0.2, 0.25) is 5.88 Å². The van der Waals surface area contributed by atoms with E-state index in [0.29, 0.717) is 23.7 Å². The Labute approximate surface area is 207 Å². The molecule has 3 aromatic carbocycles. The molecule has 0 fully saturated rings. The fourth-order valence-electron chi connectivity index (χ4n) is 3.85. The van der Waals surface area contributed by atoms with Crippen molar-refractivity contribution in [3.8, 4) is 34.0 Å². The minimum atomic E-state index is -0.646. The Morgan fingerprint density at radius 1 is 0.778 bits per heavy atom. The van der Waals surface area contributed by atoms with E-state index in [-0.39, 0.29) is 12.2 Å². The predicted molar refractivity (Wildman–Crippen MR) is 134 cm³/mol. The molecule has 2 heterocycles. The summed E-state index contributed by atoms with van der Waals surface area (Å²) in [6.45, 7) is 1.36. The van der Waals surface area contributed by atoms with Crippen LogP contribution in [0.15, 0.2) is 104 Å². The van der Waals surface area contributed by atoms with E-state index in [0.717, 1.165) is 29.5 Å². The largest absolute Gasteiger partial charge is 0.490 e. The molecule has 0 aliphatic rings. The third-order valence-corrected chi connectivity index (χ3v) is 5.59. The first kappa shape index (κ1) is 23.2. The van der Waals surface area contributed by atoms with Gasteiger partial charge in [0.15, 0.2) is 0 Å². The monoisotopic (exact) mass is 483 g/mol. The number of halogens is 2. The molecule has 0 radical (unpaired) electrons. The van der Waals surface area contributed by atoms with Crippen molar-refractivity contribution >= 4 is 0 Å². The second-order valence-corrected chi connectivity index (χ2v) is 8.11. The van der Waals surface area contributed by atoms with E-state index in [1.807, 2.05) is 65.4 Å². The van der Waals surface area contributed by atoms with E-state index in [9.17, 15) is 8.78 Å². The Morgan fingerprint density at radius 3 is 2.31 bits per heavy atom. The normalized spacial score (nSPS) is 10.8. The Kier molecular flexibility index (Phi) is 6.98. The summed E-state index contributed by atoms with van der Waals surface area (Å²) in [6.07, 6.45) is 5.45. The van der Waals surface area contributed by atoms with Crippen LogP contribution >= 0.6 is 0 Å². The van der Waals surface area contributed by atoms with E-state index >= 15 is 0 Å². The van der Waals surface area contributed by atoms with Gasteiger partial charge in [-0.2, -0.15) is 0 Å². The molecule has 5 nitrogen and oxygen atoms in total. The van der Waals surface area contributed by atoms with Crippen molar-refractivity contribution < 1.29 is 18.3 Å². The average Bonchev–Trinajstić information content (AvgIpc) is 3.41. The van der Waals surface area contributed by atoms with Crippen molar-refractivity contribution in [3.63, 3.8) is 0 Å². The van der Waals surface area contributed by atoms with Crippen LogP contribution in [0.3, 0.4) is 0 Å². The molecule has 0 amide bonds. The van der Waals surface area contributed by atoms with Gasteiger partial charge in [-0.05, 0) is 35.9 Å². The van der Waals surface area contributed by atoms with Gasteiger partial charge in [0, 0.05) is 47.8 Å². The molecular weight excluding hydrogens is 460 g/mol. The van der Waals surface area contributed by atoms with E-state index in [1.165, 1.54) is 12.1 Å². The van der Waals surface area contributed by atoms with Gasteiger partial charge in [-0.15, -0.1) is 0 Å². The van der Waals surface area contributed by atoms with Crippen LogP contribution < -0.4 is 9.47 Å². The summed E-state index contributed by atoms with van der Waals surface area (Å²) >= 11 is 0. The molecule has 0 saturated carbocycles. The first-order chi connectivity index (χ1) is 17.7. The van der Waals surface area contributed by atoms with Gasteiger partial charge in [0.1, 0.15) is 30.6 Å². The summed E-state index contributed by atoms with van der Waals surface area (Å²) in [7, 11) is 0. The van der Waals surface area contributed by atoms with Gasteiger partial charge in [-0.1, -0.05) is 42.5 Å². The Balaban J connectivity index is 1.25. The van der Waals surface area contributed by atoms with E-state index in [2.05, 4.69) is 9.97 Å². The molecule has 0 aliphatic heterocycles. The molecule has 7 heteroatoms. The maximum absolute atomic E-state index is 14.5. The number of benzene rings is 3. The maximum atomic E-state index is 14.5. The van der Waals surface area contributed by atoms with Gasteiger partial charge < -0.3 is 14.0 Å². The van der Waals surface area contributed by atoms with Crippen molar-refractivity contribution in [2.24, 2.45) is 0 Å². The van der Waals surface area contributed by atoms with Crippen molar-refractivity contribution in [1.29, 1.82) is 0 Å². The van der Waals surface area contributed by atoms with Gasteiger partial charge in [-0.3, -0.25) is 0 Å². The first-order valence-electron chi connectivity index (χ1n) is 11.5. The lowest BCUT2D eigenvalue weighted by Gasteiger charge is -2.13. The minimum Gasteiger partial charge on any atom is -0.490 e. The highest BCUT2D eigenvalue weighted by Crippen LogP contribution is 2.34. The highest BCUT2D eigenvalue weighted by atomic mass is 19.1. The van der Waals surface area contributed by atoms with Crippen LogP contribution in [0, 0.1) is 11.6 Å². The third kappa shape index (κ3) is 5.58. The molecule has 180 valence electrons. The molecular formula is C29H23F2N3O2. The second kappa shape index (κ2) is 10.8. The molecule has 5 rings (SSSR count). The number of rotatable bonds is 9. The van der Waals surface area contributed by atoms with Crippen molar-refractivity contribution in [2.75, 3.05) is 13.2 Å². The molecule has 0 N–H and O–H groups in total. The second-order valence-electron chi connectivity index (χ2n) is 8.11. The smallest absolute Gasteiger partial charge is 0.213 e. The highest BCUT2D eigenvalue weighted by Gasteiger charge is 2.15. The van der Waals surface area contributed by atoms with E-state index in [4.69, 9.17) is 9.47 Å². The zero-order chi connectivity index (χ0) is 24.7. The summed E-state index contributed by atoms with van der Waals surface area (Å²) < 4.78 is 41.6. The zero-order valence-electron chi connectivity index (χ0n) is 19.4. The molecule has 0 bridgehead atoms. The number of pyridine rings is 1. The number of imidazole rings is 1. The van der Waals surface area contributed by atoms with Crippen molar-refractivity contribution in [1.82, 2.24) is 14.5 Å². The van der Waals surface area contributed by atoms with Crippen LogP contribution in [0.5, 0.6) is 11.6 Å². The average molecular weight is 484 g/mol. The van der Waals surface area contributed by atoms with Crippen molar-refractivity contribution in [2.45, 2.75) is 6.54 Å². The SMILES string of the molecule is Fc1ccc(-c2ccc(OCCOc3ccc(Cn4ccnc4)cc3)nc2-c2ccccc2)c(F)c1. The Hall–Kier alpha value is -4.52. The van der Waals surface area contributed by atoms with Crippen LogP contribution in [-0.4, -0.2) is 27.7 Å². The number of hydrogen-bond acceptors (Lipinski definition) is 4. The molecule has 0 spiro atoms. The minimum absolute atomic E-state index is 0.272. The quantitative estimate of drug-likeness (QED) is 0.228. The highest BCUT2D eigenvalue weighted by molar-refractivity contribution is 5.81. The summed E-state index contributed by atoms with van der Waals surface area (Å²) in [5, 5.41) is 0. The van der Waals surface area contributed by atoms with E-state index < -0.39 is 11.6 Å². The lowest BCUT2D eigenvalue weighted by molar-refractivity contribution is 0.212. The fraction of sp³-hybridized carbons (Fsp3) is 0.103. The Bertz CT molecular complexity index is 1420. The predicted octanol–water partition coefficient (Wildman–Crippen LogP) is 6.40. The number of aromatic nitrogens is 3. The molecule has 0 aliphatic carbocycles. The fourth-order valence-corrected chi connectivity index (χ4v) is 3.85. The number of nitrogens with zero attached hydrogens (tertiary/aromatic N) is 3. The summed E-state index contributed by atoms with van der Waals surface area (Å²) in [5.74, 6) is -0.141. The van der Waals surface area contributed by atoms with Crippen LogP contribution in [0.2, 0.25) is 0 Å². The topological polar surface area (TPSA) is 49.2 Å². The first-order valence-corrected chi connectivity index (χ1v) is 11.5. The lowest BCUT2D eigenvalue weighted by atomic mass is 9.99. The maximum Gasteiger partial charge on any atom is 0.213 e. The number of hydrogen-bond donors (Lipinski definition) is 0. The van der Waals surface area contributed by atoms with Crippen LogP contribution in [0.25, 0.3) is 22.4 Å². The molecule has 2 aromatic heterocycles. The van der Waals surface area contributed by atoms with Crippen molar-refractivity contribution in [3.05, 3.63) is 121 Å². The van der Waals surface area contributed by atoms with Gasteiger partial charge in [0.25, 0.3) is 0 Å².